The highest BCUT2D eigenvalue weighted by Gasteiger charge is 2.40. The summed E-state index contributed by atoms with van der Waals surface area (Å²) in [7, 11) is -3.86. The van der Waals surface area contributed by atoms with Gasteiger partial charge in [0.15, 0.2) is 0 Å². The molecule has 3 amide bonds. The topological polar surface area (TPSA) is 122 Å². The lowest BCUT2D eigenvalue weighted by Gasteiger charge is -2.23. The molecule has 2 atom stereocenters. The second kappa shape index (κ2) is 10.7. The van der Waals surface area contributed by atoms with Gasteiger partial charge >= 0.3 is 6.09 Å². The number of hydrogen-bond acceptors (Lipinski definition) is 7. The Morgan fingerprint density at radius 1 is 1.17 bits per heavy atom. The number of imide groups is 1. The minimum atomic E-state index is -3.86. The zero-order valence-corrected chi connectivity index (χ0v) is 22.3. The first-order valence-corrected chi connectivity index (χ1v) is 14.4. The van der Waals surface area contributed by atoms with Crippen LogP contribution in [0.4, 0.5) is 9.80 Å². The molecular weight excluding hydrogens is 502 g/mol. The first-order valence-electron chi connectivity index (χ1n) is 12.1. The highest BCUT2D eigenvalue weighted by atomic mass is 32.2. The van der Waals surface area contributed by atoms with Gasteiger partial charge in [-0.15, -0.1) is 11.3 Å². The third-order valence-electron chi connectivity index (χ3n) is 6.60. The number of nitrogens with one attached hydrogen (secondary N) is 2. The number of carbonyl (C=O) groups is 3. The fourth-order valence-corrected chi connectivity index (χ4v) is 7.80. The second-order valence-corrected chi connectivity index (χ2v) is 12.3. The van der Waals surface area contributed by atoms with Crippen LogP contribution in [0.25, 0.3) is 0 Å². The second-order valence-electron chi connectivity index (χ2n) is 9.31. The summed E-state index contributed by atoms with van der Waals surface area (Å²) in [5, 5.41) is 5.40. The predicted octanol–water partition coefficient (Wildman–Crippen LogP) is 3.86. The van der Waals surface area contributed by atoms with E-state index in [1.165, 1.54) is 15.6 Å². The number of sulfonamides is 1. The van der Waals surface area contributed by atoms with Crippen molar-refractivity contribution in [3.63, 3.8) is 0 Å². The lowest BCUT2D eigenvalue weighted by Crippen LogP contribution is -2.43. The van der Waals surface area contributed by atoms with Gasteiger partial charge in [-0.1, -0.05) is 24.6 Å². The highest BCUT2D eigenvalue weighted by Crippen LogP contribution is 2.40. The van der Waals surface area contributed by atoms with Crippen molar-refractivity contribution in [1.29, 1.82) is 0 Å². The molecule has 1 aliphatic carbocycles. The van der Waals surface area contributed by atoms with Crippen molar-refractivity contribution in [2.75, 3.05) is 18.5 Å². The van der Waals surface area contributed by atoms with E-state index in [-0.39, 0.29) is 23.6 Å². The fraction of sp³-hybridized carbons (Fsp3) is 0.480. The molecule has 2 aliphatic rings. The standard InChI is InChI=1S/C25H31N3O6S2/c1-4-34-25(31)27-23(30)21-18-12-9-16(3)14-20(18)35-24(21)26-22(29)19-6-5-13-28(19)36(32,33)17-10-7-15(2)8-11-17/h7-8,10-11,16,19H,4-6,9,12-14H2,1-3H3,(H,26,29)(H,27,30,31). The molecule has 0 spiro atoms. The van der Waals surface area contributed by atoms with E-state index in [4.69, 9.17) is 4.74 Å². The summed E-state index contributed by atoms with van der Waals surface area (Å²) < 4.78 is 32.7. The number of fused-ring (bicyclic) bond motifs is 1. The Kier molecular flexibility index (Phi) is 7.82. The van der Waals surface area contributed by atoms with Crippen molar-refractivity contribution in [3.05, 3.63) is 45.8 Å². The maximum Gasteiger partial charge on any atom is 0.414 e. The van der Waals surface area contributed by atoms with Crippen molar-refractivity contribution >= 4 is 44.3 Å². The number of hydrogen-bond donors (Lipinski definition) is 2. The number of amides is 3. The molecule has 1 aliphatic heterocycles. The van der Waals surface area contributed by atoms with E-state index in [1.54, 1.807) is 31.2 Å². The Labute approximate surface area is 215 Å². The number of ether oxygens (including phenoxy) is 1. The zero-order chi connectivity index (χ0) is 26.0. The lowest BCUT2D eigenvalue weighted by atomic mass is 9.88. The Morgan fingerprint density at radius 3 is 2.58 bits per heavy atom. The van der Waals surface area contributed by atoms with E-state index in [9.17, 15) is 22.8 Å². The largest absolute Gasteiger partial charge is 0.450 e. The van der Waals surface area contributed by atoms with Crippen molar-refractivity contribution in [2.24, 2.45) is 5.92 Å². The third kappa shape index (κ3) is 5.33. The number of anilines is 1. The Bertz CT molecular complexity index is 1270. The van der Waals surface area contributed by atoms with E-state index in [1.807, 2.05) is 6.92 Å². The molecule has 194 valence electrons. The van der Waals surface area contributed by atoms with Crippen LogP contribution in [0.5, 0.6) is 0 Å². The summed E-state index contributed by atoms with van der Waals surface area (Å²) in [6.45, 7) is 6.00. The van der Waals surface area contributed by atoms with Crippen LogP contribution >= 0.6 is 11.3 Å². The van der Waals surface area contributed by atoms with Gasteiger partial charge in [-0.25, -0.2) is 13.2 Å². The van der Waals surface area contributed by atoms with Crippen LogP contribution in [-0.2, 0) is 32.4 Å². The Morgan fingerprint density at radius 2 is 1.89 bits per heavy atom. The maximum absolute atomic E-state index is 13.4. The van der Waals surface area contributed by atoms with Gasteiger partial charge in [0.25, 0.3) is 5.91 Å². The number of nitrogens with zero attached hydrogens (tertiary/aromatic N) is 1. The molecule has 2 unspecified atom stereocenters. The normalized spacial score (nSPS) is 20.0. The van der Waals surface area contributed by atoms with Crippen LogP contribution in [0, 0.1) is 12.8 Å². The molecule has 2 heterocycles. The molecule has 1 aromatic carbocycles. The van der Waals surface area contributed by atoms with Gasteiger partial charge in [0.05, 0.1) is 17.1 Å². The summed E-state index contributed by atoms with van der Waals surface area (Å²) in [6.07, 6.45) is 2.40. The molecule has 4 rings (SSSR count). The molecule has 1 saturated heterocycles. The maximum atomic E-state index is 13.4. The van der Waals surface area contributed by atoms with Crippen molar-refractivity contribution in [1.82, 2.24) is 9.62 Å². The molecule has 0 bridgehead atoms. The summed E-state index contributed by atoms with van der Waals surface area (Å²) in [6, 6.07) is 5.65. The summed E-state index contributed by atoms with van der Waals surface area (Å²) in [4.78, 5) is 39.5. The van der Waals surface area contributed by atoms with Gasteiger partial charge in [0, 0.05) is 11.4 Å². The van der Waals surface area contributed by atoms with Crippen molar-refractivity contribution < 1.29 is 27.5 Å². The number of benzene rings is 1. The van der Waals surface area contributed by atoms with Crippen molar-refractivity contribution in [2.45, 2.75) is 63.8 Å². The number of aryl methyl sites for hydroxylation is 1. The molecular formula is C25H31N3O6S2. The number of thiophene rings is 1. The van der Waals surface area contributed by atoms with Gasteiger partial charge in [0.1, 0.15) is 11.0 Å². The quantitative estimate of drug-likeness (QED) is 0.582. The fourth-order valence-electron chi connectivity index (χ4n) is 4.73. The average Bonchev–Trinajstić information content (AvgIpc) is 3.44. The first kappa shape index (κ1) is 26.3. The van der Waals surface area contributed by atoms with Gasteiger partial charge in [-0.2, -0.15) is 4.31 Å². The third-order valence-corrected chi connectivity index (χ3v) is 9.69. The highest BCUT2D eigenvalue weighted by molar-refractivity contribution is 7.89. The van der Waals surface area contributed by atoms with E-state index in [0.29, 0.717) is 30.2 Å². The van der Waals surface area contributed by atoms with Gasteiger partial charge in [-0.05, 0) is 69.6 Å². The Hall–Kier alpha value is -2.76. The van der Waals surface area contributed by atoms with E-state index < -0.39 is 34.0 Å². The van der Waals surface area contributed by atoms with E-state index in [0.717, 1.165) is 28.8 Å². The van der Waals surface area contributed by atoms with Gasteiger partial charge in [0.2, 0.25) is 15.9 Å². The van der Waals surface area contributed by atoms with Crippen LogP contribution in [-0.4, -0.2) is 49.8 Å². The molecule has 2 aromatic rings. The molecule has 0 saturated carbocycles. The summed E-state index contributed by atoms with van der Waals surface area (Å²) in [5.41, 5.74) is 2.02. The molecule has 1 aromatic heterocycles. The van der Waals surface area contributed by atoms with Crippen LogP contribution in [0.15, 0.2) is 29.2 Å². The monoisotopic (exact) mass is 533 g/mol. The summed E-state index contributed by atoms with van der Waals surface area (Å²) in [5.74, 6) is -0.683. The average molecular weight is 534 g/mol. The number of alkyl carbamates (subject to hydrolysis) is 1. The van der Waals surface area contributed by atoms with Gasteiger partial charge < -0.3 is 10.1 Å². The Balaban J connectivity index is 1.61. The van der Waals surface area contributed by atoms with E-state index in [2.05, 4.69) is 17.6 Å². The molecule has 2 N–H and O–H groups in total. The SMILES string of the molecule is CCOC(=O)NC(=O)c1c(NC(=O)C2CCCN2S(=O)(=O)c2ccc(C)cc2)sc2c1CCC(C)C2. The van der Waals surface area contributed by atoms with Crippen LogP contribution in [0.2, 0.25) is 0 Å². The molecule has 11 heteroatoms. The van der Waals surface area contributed by atoms with Crippen LogP contribution < -0.4 is 10.6 Å². The van der Waals surface area contributed by atoms with E-state index >= 15 is 0 Å². The minimum Gasteiger partial charge on any atom is -0.450 e. The van der Waals surface area contributed by atoms with Crippen molar-refractivity contribution in [3.8, 4) is 0 Å². The number of carbonyl (C=O) groups excluding carboxylic acids is 3. The number of rotatable bonds is 6. The molecule has 36 heavy (non-hydrogen) atoms. The lowest BCUT2D eigenvalue weighted by molar-refractivity contribution is -0.119. The molecule has 1 fully saturated rings. The summed E-state index contributed by atoms with van der Waals surface area (Å²) >= 11 is 1.32. The minimum absolute atomic E-state index is 0.120. The molecule has 0 radical (unpaired) electrons. The first-order chi connectivity index (χ1) is 17.1. The van der Waals surface area contributed by atoms with Gasteiger partial charge in [-0.3, -0.25) is 14.9 Å². The van der Waals surface area contributed by atoms with Crippen LogP contribution in [0.1, 0.15) is 59.5 Å². The predicted molar refractivity (Wildman–Crippen MR) is 137 cm³/mol. The smallest absolute Gasteiger partial charge is 0.414 e. The van der Waals surface area contributed by atoms with Crippen LogP contribution in [0.3, 0.4) is 0 Å². The molecule has 9 nitrogen and oxygen atoms in total. The zero-order valence-electron chi connectivity index (χ0n) is 20.6.